The van der Waals surface area contributed by atoms with Crippen LogP contribution < -0.4 is 0 Å². The van der Waals surface area contributed by atoms with E-state index in [0.29, 0.717) is 32.1 Å². The molecule has 1 aromatic carbocycles. The van der Waals surface area contributed by atoms with Gasteiger partial charge in [-0.1, -0.05) is 12.1 Å². The molecular weight excluding hydrogens is 312 g/mol. The fourth-order valence-corrected chi connectivity index (χ4v) is 5.33. The molecule has 7 heteroatoms. The summed E-state index contributed by atoms with van der Waals surface area (Å²) in [4.78, 5) is 8.05. The van der Waals surface area contributed by atoms with Crippen molar-refractivity contribution in [2.75, 3.05) is 26.2 Å². The van der Waals surface area contributed by atoms with Crippen molar-refractivity contribution in [1.29, 1.82) is 0 Å². The Labute approximate surface area is 136 Å². The van der Waals surface area contributed by atoms with Crippen LogP contribution in [-0.2, 0) is 10.2 Å². The van der Waals surface area contributed by atoms with Crippen molar-refractivity contribution in [1.82, 2.24) is 18.6 Å². The molecule has 3 heterocycles. The lowest BCUT2D eigenvalue weighted by molar-refractivity contribution is 0.292. The SMILES string of the molecule is O=S(=O)(N1CCCC1)N1CCC(c2nc3ccccc3[nH]2)CC1. The molecule has 0 amide bonds. The van der Waals surface area contributed by atoms with Gasteiger partial charge in [0.05, 0.1) is 11.0 Å². The quantitative estimate of drug-likeness (QED) is 0.934. The topological polar surface area (TPSA) is 69.3 Å². The van der Waals surface area contributed by atoms with E-state index in [-0.39, 0.29) is 0 Å². The van der Waals surface area contributed by atoms with Gasteiger partial charge in [-0.15, -0.1) is 0 Å². The van der Waals surface area contributed by atoms with Gasteiger partial charge < -0.3 is 4.98 Å². The Balaban J connectivity index is 1.46. The molecule has 23 heavy (non-hydrogen) atoms. The number of fused-ring (bicyclic) bond motifs is 1. The standard InChI is InChI=1S/C16H22N4O2S/c21-23(22,19-9-3-4-10-19)20-11-7-13(8-12-20)16-17-14-5-1-2-6-15(14)18-16/h1-2,5-6,13H,3-4,7-12H2,(H,17,18). The molecule has 2 aromatic rings. The zero-order chi connectivity index (χ0) is 15.9. The van der Waals surface area contributed by atoms with Crippen LogP contribution in [0.25, 0.3) is 11.0 Å². The monoisotopic (exact) mass is 334 g/mol. The van der Waals surface area contributed by atoms with Crippen molar-refractivity contribution in [3.05, 3.63) is 30.1 Å². The van der Waals surface area contributed by atoms with Gasteiger partial charge in [-0.2, -0.15) is 17.0 Å². The van der Waals surface area contributed by atoms with E-state index in [2.05, 4.69) is 9.97 Å². The average molecular weight is 334 g/mol. The molecule has 1 N–H and O–H groups in total. The number of aromatic amines is 1. The molecule has 2 aliphatic rings. The van der Waals surface area contributed by atoms with Crippen LogP contribution in [0.5, 0.6) is 0 Å². The summed E-state index contributed by atoms with van der Waals surface area (Å²) >= 11 is 0. The number of imidazole rings is 1. The van der Waals surface area contributed by atoms with Crippen LogP contribution in [0, 0.1) is 0 Å². The smallest absolute Gasteiger partial charge is 0.281 e. The van der Waals surface area contributed by atoms with Crippen LogP contribution >= 0.6 is 0 Å². The molecule has 124 valence electrons. The fourth-order valence-electron chi connectivity index (χ4n) is 3.61. The maximum atomic E-state index is 12.6. The Bertz CT molecular complexity index is 754. The number of nitrogens with one attached hydrogen (secondary N) is 1. The van der Waals surface area contributed by atoms with E-state index in [1.807, 2.05) is 24.3 Å². The van der Waals surface area contributed by atoms with Crippen LogP contribution in [0.2, 0.25) is 0 Å². The highest BCUT2D eigenvalue weighted by Crippen LogP contribution is 2.30. The zero-order valence-corrected chi connectivity index (χ0v) is 13.9. The van der Waals surface area contributed by atoms with Crippen molar-refractivity contribution in [3.8, 4) is 0 Å². The van der Waals surface area contributed by atoms with Crippen LogP contribution in [0.4, 0.5) is 0 Å². The Kier molecular flexibility index (Phi) is 3.87. The number of nitrogens with zero attached hydrogens (tertiary/aromatic N) is 3. The summed E-state index contributed by atoms with van der Waals surface area (Å²) in [5.74, 6) is 1.30. The number of benzene rings is 1. The number of rotatable bonds is 3. The van der Waals surface area contributed by atoms with Crippen molar-refractivity contribution in [3.63, 3.8) is 0 Å². The third-order valence-electron chi connectivity index (χ3n) is 4.97. The molecule has 0 unspecified atom stereocenters. The molecule has 2 fully saturated rings. The first-order valence-electron chi connectivity index (χ1n) is 8.34. The summed E-state index contributed by atoms with van der Waals surface area (Å²) in [6.45, 7) is 2.51. The number of piperidine rings is 1. The minimum absolute atomic E-state index is 0.312. The number of para-hydroxylation sites is 2. The van der Waals surface area contributed by atoms with E-state index in [0.717, 1.165) is 42.5 Å². The molecule has 0 atom stereocenters. The molecule has 0 aliphatic carbocycles. The van der Waals surface area contributed by atoms with E-state index in [9.17, 15) is 8.42 Å². The summed E-state index contributed by atoms with van der Waals surface area (Å²) in [7, 11) is -3.26. The Morgan fingerprint density at radius 3 is 2.35 bits per heavy atom. The third-order valence-corrected chi connectivity index (χ3v) is 7.00. The second kappa shape index (κ2) is 5.89. The summed E-state index contributed by atoms with van der Waals surface area (Å²) < 4.78 is 28.5. The van der Waals surface area contributed by atoms with Gasteiger partial charge in [0.25, 0.3) is 10.2 Å². The Morgan fingerprint density at radius 2 is 1.65 bits per heavy atom. The van der Waals surface area contributed by atoms with E-state index in [1.54, 1.807) is 8.61 Å². The minimum atomic E-state index is -3.26. The van der Waals surface area contributed by atoms with Crippen molar-refractivity contribution < 1.29 is 8.42 Å². The van der Waals surface area contributed by atoms with Crippen LogP contribution in [-0.4, -0.2) is 53.2 Å². The number of hydrogen-bond acceptors (Lipinski definition) is 3. The van der Waals surface area contributed by atoms with Gasteiger partial charge >= 0.3 is 0 Å². The van der Waals surface area contributed by atoms with Gasteiger partial charge in [-0.3, -0.25) is 0 Å². The molecule has 2 saturated heterocycles. The molecule has 0 bridgehead atoms. The van der Waals surface area contributed by atoms with Crippen molar-refractivity contribution in [2.24, 2.45) is 0 Å². The maximum absolute atomic E-state index is 12.6. The summed E-state index contributed by atoms with van der Waals surface area (Å²) in [5.41, 5.74) is 2.03. The van der Waals surface area contributed by atoms with Crippen LogP contribution in [0.3, 0.4) is 0 Å². The number of aromatic nitrogens is 2. The van der Waals surface area contributed by atoms with Gasteiger partial charge in [0.15, 0.2) is 0 Å². The molecule has 6 nitrogen and oxygen atoms in total. The Hall–Kier alpha value is -1.44. The molecule has 0 saturated carbocycles. The molecular formula is C16H22N4O2S. The van der Waals surface area contributed by atoms with Gasteiger partial charge in [0.2, 0.25) is 0 Å². The third kappa shape index (κ3) is 2.77. The maximum Gasteiger partial charge on any atom is 0.281 e. The lowest BCUT2D eigenvalue weighted by Crippen LogP contribution is -2.45. The van der Waals surface area contributed by atoms with E-state index in [1.165, 1.54) is 0 Å². The first-order chi connectivity index (χ1) is 11.1. The first kappa shape index (κ1) is 15.1. The normalized spacial score (nSPS) is 22.1. The molecule has 4 rings (SSSR count). The number of H-pyrrole nitrogens is 1. The van der Waals surface area contributed by atoms with Crippen LogP contribution in [0.15, 0.2) is 24.3 Å². The van der Waals surface area contributed by atoms with E-state index in [4.69, 9.17) is 0 Å². The first-order valence-corrected chi connectivity index (χ1v) is 9.74. The average Bonchev–Trinajstić information content (AvgIpc) is 3.24. The predicted molar refractivity (Wildman–Crippen MR) is 89.4 cm³/mol. The summed E-state index contributed by atoms with van der Waals surface area (Å²) in [6.07, 6.45) is 3.61. The highest BCUT2D eigenvalue weighted by Gasteiger charge is 2.35. The van der Waals surface area contributed by atoms with Gasteiger partial charge in [-0.25, -0.2) is 4.98 Å². The van der Waals surface area contributed by atoms with Crippen molar-refractivity contribution in [2.45, 2.75) is 31.6 Å². The largest absolute Gasteiger partial charge is 0.342 e. The molecule has 0 radical (unpaired) electrons. The van der Waals surface area contributed by atoms with Gasteiger partial charge in [0.1, 0.15) is 5.82 Å². The van der Waals surface area contributed by atoms with E-state index >= 15 is 0 Å². The summed E-state index contributed by atoms with van der Waals surface area (Å²) in [5, 5.41) is 0. The fraction of sp³-hybridized carbons (Fsp3) is 0.562. The molecule has 1 aromatic heterocycles. The van der Waals surface area contributed by atoms with Gasteiger partial charge in [0, 0.05) is 32.1 Å². The minimum Gasteiger partial charge on any atom is -0.342 e. The second-order valence-corrected chi connectivity index (χ2v) is 8.35. The lowest BCUT2D eigenvalue weighted by Gasteiger charge is -2.33. The molecule has 0 spiro atoms. The highest BCUT2D eigenvalue weighted by atomic mass is 32.2. The summed E-state index contributed by atoms with van der Waals surface area (Å²) in [6, 6.07) is 8.01. The van der Waals surface area contributed by atoms with E-state index < -0.39 is 10.2 Å². The number of hydrogen-bond donors (Lipinski definition) is 1. The highest BCUT2D eigenvalue weighted by molar-refractivity contribution is 7.86. The van der Waals surface area contributed by atoms with Crippen LogP contribution in [0.1, 0.15) is 37.4 Å². The Morgan fingerprint density at radius 1 is 1.00 bits per heavy atom. The van der Waals surface area contributed by atoms with Crippen molar-refractivity contribution >= 4 is 21.2 Å². The second-order valence-electron chi connectivity index (χ2n) is 6.43. The predicted octanol–water partition coefficient (Wildman–Crippen LogP) is 2.08. The molecule has 2 aliphatic heterocycles. The zero-order valence-electron chi connectivity index (χ0n) is 13.1. The van der Waals surface area contributed by atoms with Gasteiger partial charge in [-0.05, 0) is 37.8 Å². The lowest BCUT2D eigenvalue weighted by atomic mass is 9.97.